The third kappa shape index (κ3) is 3.57. The van der Waals surface area contributed by atoms with E-state index < -0.39 is 0 Å². The molecule has 0 aliphatic rings. The van der Waals surface area contributed by atoms with Crippen molar-refractivity contribution in [1.29, 1.82) is 0 Å². The second-order valence-electron chi connectivity index (χ2n) is 6.67. The summed E-state index contributed by atoms with van der Waals surface area (Å²) in [6.45, 7) is 12.8. The van der Waals surface area contributed by atoms with Crippen LogP contribution in [0.3, 0.4) is 0 Å². The predicted molar refractivity (Wildman–Crippen MR) is 86.4 cm³/mol. The van der Waals surface area contributed by atoms with Gasteiger partial charge in [0.2, 0.25) is 5.95 Å². The Labute approximate surface area is 126 Å². The number of rotatable bonds is 2. The summed E-state index contributed by atoms with van der Waals surface area (Å²) in [6, 6.07) is 4.53. The van der Waals surface area contributed by atoms with Gasteiger partial charge >= 0.3 is 0 Å². The zero-order chi connectivity index (χ0) is 15.8. The minimum atomic E-state index is 0.155. The maximum Gasteiger partial charge on any atom is 0.223 e. The van der Waals surface area contributed by atoms with E-state index in [-0.39, 0.29) is 5.41 Å². The number of nitrogens with zero attached hydrogens (tertiary/aromatic N) is 3. The minimum absolute atomic E-state index is 0.155. The summed E-state index contributed by atoms with van der Waals surface area (Å²) in [7, 11) is 0. The molecular weight excluding hydrogens is 260 g/mol. The molecule has 2 N–H and O–H groups in total. The van der Waals surface area contributed by atoms with Crippen LogP contribution < -0.4 is 5.73 Å². The number of hydrogen-bond donors (Lipinski definition) is 1. The molecule has 112 valence electrons. The van der Waals surface area contributed by atoms with Crippen LogP contribution >= 0.6 is 0 Å². The standard InChI is InChI=1S/C17H24N4/c1-10-7-13(17(4,5)6)8-11(2)14(10)9-15-19-12(3)20-16(18)21-15/h7-8H,9H2,1-6H3,(H2,18,19,20,21). The first-order chi connectivity index (χ1) is 9.66. The summed E-state index contributed by atoms with van der Waals surface area (Å²) in [5.41, 5.74) is 11.0. The maximum absolute atomic E-state index is 5.71. The maximum atomic E-state index is 5.71. The molecule has 1 heterocycles. The topological polar surface area (TPSA) is 64.7 Å². The first-order valence-electron chi connectivity index (χ1n) is 7.24. The van der Waals surface area contributed by atoms with Crippen molar-refractivity contribution in [2.24, 2.45) is 0 Å². The second-order valence-corrected chi connectivity index (χ2v) is 6.67. The van der Waals surface area contributed by atoms with E-state index in [9.17, 15) is 0 Å². The van der Waals surface area contributed by atoms with Crippen LogP contribution in [0.4, 0.5) is 5.95 Å². The van der Waals surface area contributed by atoms with E-state index >= 15 is 0 Å². The molecule has 21 heavy (non-hydrogen) atoms. The highest BCUT2D eigenvalue weighted by molar-refractivity contribution is 5.42. The molecule has 0 aliphatic heterocycles. The Morgan fingerprint density at radius 2 is 1.52 bits per heavy atom. The fourth-order valence-electron chi connectivity index (χ4n) is 2.50. The lowest BCUT2D eigenvalue weighted by atomic mass is 9.83. The van der Waals surface area contributed by atoms with Gasteiger partial charge in [0.1, 0.15) is 11.6 Å². The van der Waals surface area contributed by atoms with Crippen molar-refractivity contribution in [2.75, 3.05) is 5.73 Å². The lowest BCUT2D eigenvalue weighted by Gasteiger charge is -2.22. The van der Waals surface area contributed by atoms with Gasteiger partial charge in [0.05, 0.1) is 0 Å². The third-order valence-corrected chi connectivity index (χ3v) is 3.71. The lowest BCUT2D eigenvalue weighted by molar-refractivity contribution is 0.588. The van der Waals surface area contributed by atoms with Crippen molar-refractivity contribution < 1.29 is 0 Å². The van der Waals surface area contributed by atoms with Crippen molar-refractivity contribution in [1.82, 2.24) is 15.0 Å². The first kappa shape index (κ1) is 15.4. The van der Waals surface area contributed by atoms with Gasteiger partial charge < -0.3 is 5.73 Å². The minimum Gasteiger partial charge on any atom is -0.368 e. The van der Waals surface area contributed by atoms with E-state index in [0.717, 1.165) is 5.82 Å². The highest BCUT2D eigenvalue weighted by atomic mass is 15.1. The van der Waals surface area contributed by atoms with Crippen LogP contribution in [0, 0.1) is 20.8 Å². The Bertz CT molecular complexity index is 626. The number of aryl methyl sites for hydroxylation is 3. The largest absolute Gasteiger partial charge is 0.368 e. The fraction of sp³-hybridized carbons (Fsp3) is 0.471. The molecule has 0 aliphatic carbocycles. The van der Waals surface area contributed by atoms with Crippen molar-refractivity contribution in [3.05, 3.63) is 46.0 Å². The highest BCUT2D eigenvalue weighted by Gasteiger charge is 2.17. The predicted octanol–water partition coefficient (Wildman–Crippen LogP) is 3.27. The van der Waals surface area contributed by atoms with Gasteiger partial charge in [-0.15, -0.1) is 0 Å². The number of nitrogens with two attached hydrogens (primary N) is 1. The molecule has 1 aromatic heterocycles. The summed E-state index contributed by atoms with van der Waals surface area (Å²) >= 11 is 0. The van der Waals surface area contributed by atoms with Crippen LogP contribution in [0.5, 0.6) is 0 Å². The van der Waals surface area contributed by atoms with E-state index in [1.54, 1.807) is 0 Å². The molecule has 2 aromatic rings. The van der Waals surface area contributed by atoms with Crippen molar-refractivity contribution in [2.45, 2.75) is 53.4 Å². The van der Waals surface area contributed by atoms with Crippen LogP contribution in [0.1, 0.15) is 54.7 Å². The van der Waals surface area contributed by atoms with Crippen LogP contribution in [0.2, 0.25) is 0 Å². The number of anilines is 1. The summed E-state index contributed by atoms with van der Waals surface area (Å²) < 4.78 is 0. The van der Waals surface area contributed by atoms with E-state index in [0.29, 0.717) is 18.2 Å². The molecule has 0 atom stereocenters. The zero-order valence-electron chi connectivity index (χ0n) is 13.8. The van der Waals surface area contributed by atoms with Crippen molar-refractivity contribution in [3.63, 3.8) is 0 Å². The summed E-state index contributed by atoms with van der Waals surface area (Å²) in [5, 5.41) is 0. The van der Waals surface area contributed by atoms with Crippen LogP contribution in [-0.4, -0.2) is 15.0 Å². The normalized spacial score (nSPS) is 11.7. The van der Waals surface area contributed by atoms with Crippen LogP contribution in [0.25, 0.3) is 0 Å². The number of hydrogen-bond acceptors (Lipinski definition) is 4. The monoisotopic (exact) mass is 284 g/mol. The van der Waals surface area contributed by atoms with Gasteiger partial charge in [0, 0.05) is 6.42 Å². The average molecular weight is 284 g/mol. The van der Waals surface area contributed by atoms with Gasteiger partial charge in [0.15, 0.2) is 0 Å². The molecule has 0 amide bonds. The van der Waals surface area contributed by atoms with Gasteiger partial charge in [-0.05, 0) is 48.4 Å². The Balaban J connectivity index is 2.41. The van der Waals surface area contributed by atoms with Gasteiger partial charge in [0.25, 0.3) is 0 Å². The Hall–Kier alpha value is -1.97. The molecular formula is C17H24N4. The Kier molecular flexibility index (Phi) is 3.99. The van der Waals surface area contributed by atoms with Crippen molar-refractivity contribution >= 4 is 5.95 Å². The summed E-state index contributed by atoms with van der Waals surface area (Å²) in [5.74, 6) is 1.69. The smallest absolute Gasteiger partial charge is 0.223 e. The molecule has 4 nitrogen and oxygen atoms in total. The van der Waals surface area contributed by atoms with E-state index in [1.807, 2.05) is 6.92 Å². The quantitative estimate of drug-likeness (QED) is 0.919. The van der Waals surface area contributed by atoms with Crippen LogP contribution in [-0.2, 0) is 11.8 Å². The fourth-order valence-corrected chi connectivity index (χ4v) is 2.50. The second kappa shape index (κ2) is 5.43. The van der Waals surface area contributed by atoms with E-state index in [2.05, 4.69) is 61.7 Å². The summed E-state index contributed by atoms with van der Waals surface area (Å²) in [4.78, 5) is 12.6. The lowest BCUT2D eigenvalue weighted by Crippen LogP contribution is -2.13. The van der Waals surface area contributed by atoms with Gasteiger partial charge in [-0.2, -0.15) is 9.97 Å². The molecule has 0 saturated carbocycles. The number of benzene rings is 1. The molecule has 0 unspecified atom stereocenters. The Morgan fingerprint density at radius 1 is 0.952 bits per heavy atom. The molecule has 0 radical (unpaired) electrons. The van der Waals surface area contributed by atoms with Crippen molar-refractivity contribution in [3.8, 4) is 0 Å². The summed E-state index contributed by atoms with van der Waals surface area (Å²) in [6.07, 6.45) is 0.690. The van der Waals surface area contributed by atoms with Gasteiger partial charge in [-0.25, -0.2) is 4.98 Å². The molecule has 2 rings (SSSR count). The SMILES string of the molecule is Cc1nc(N)nc(Cc2c(C)cc(C(C)(C)C)cc2C)n1. The average Bonchev–Trinajstić information content (AvgIpc) is 2.31. The molecule has 4 heteroatoms. The first-order valence-corrected chi connectivity index (χ1v) is 7.24. The van der Waals surface area contributed by atoms with Gasteiger partial charge in [-0.3, -0.25) is 0 Å². The molecule has 0 saturated heterocycles. The molecule has 0 bridgehead atoms. The Morgan fingerprint density at radius 3 is 2.00 bits per heavy atom. The molecule has 0 fully saturated rings. The third-order valence-electron chi connectivity index (χ3n) is 3.71. The van der Waals surface area contributed by atoms with E-state index in [1.165, 1.54) is 22.3 Å². The number of nitrogen functional groups attached to an aromatic ring is 1. The number of aromatic nitrogens is 3. The highest BCUT2D eigenvalue weighted by Crippen LogP contribution is 2.27. The van der Waals surface area contributed by atoms with E-state index in [4.69, 9.17) is 5.73 Å². The van der Waals surface area contributed by atoms with Crippen LogP contribution in [0.15, 0.2) is 12.1 Å². The molecule has 0 spiro atoms. The zero-order valence-corrected chi connectivity index (χ0v) is 13.8. The van der Waals surface area contributed by atoms with Gasteiger partial charge in [-0.1, -0.05) is 32.9 Å². The molecule has 1 aromatic carbocycles.